The van der Waals surface area contributed by atoms with Gasteiger partial charge in [0.25, 0.3) is 0 Å². The summed E-state index contributed by atoms with van der Waals surface area (Å²) in [4.78, 5) is 34.7. The maximum atomic E-state index is 12.5. The number of fused-ring (bicyclic) bond motifs is 1. The number of benzene rings is 1. The van der Waals surface area contributed by atoms with E-state index >= 15 is 0 Å². The lowest BCUT2D eigenvalue weighted by molar-refractivity contribution is -0.131. The van der Waals surface area contributed by atoms with Gasteiger partial charge in [0.1, 0.15) is 10.5 Å². The van der Waals surface area contributed by atoms with Crippen molar-refractivity contribution in [2.75, 3.05) is 0 Å². The Hall–Kier alpha value is -2.32. The summed E-state index contributed by atoms with van der Waals surface area (Å²) in [6, 6.07) is 6.52. The minimum absolute atomic E-state index is 0.228. The van der Waals surface area contributed by atoms with E-state index in [1.165, 1.54) is 13.8 Å². The van der Waals surface area contributed by atoms with Gasteiger partial charge >= 0.3 is 5.63 Å². The predicted octanol–water partition coefficient (Wildman–Crippen LogP) is 2.62. The van der Waals surface area contributed by atoms with E-state index in [9.17, 15) is 14.4 Å². The highest BCUT2D eigenvalue weighted by Crippen LogP contribution is 2.44. The molecule has 25 heavy (non-hydrogen) atoms. The topological polar surface area (TPSA) is 92.0 Å². The Morgan fingerprint density at radius 1 is 1.32 bits per heavy atom. The van der Waals surface area contributed by atoms with Crippen molar-refractivity contribution in [3.8, 4) is 0 Å². The number of hydrogen-bond donors (Lipinski definition) is 1. The Balaban J connectivity index is 2.14. The number of carbonyl (C=O) groups excluding carboxylic acids is 2. The first-order chi connectivity index (χ1) is 11.7. The van der Waals surface area contributed by atoms with Crippen LogP contribution in [0.2, 0.25) is 5.02 Å². The largest absolute Gasteiger partial charge is 0.422 e. The second-order valence-electron chi connectivity index (χ2n) is 5.63. The van der Waals surface area contributed by atoms with Crippen LogP contribution in [0, 0.1) is 0 Å². The van der Waals surface area contributed by atoms with Gasteiger partial charge in [0.15, 0.2) is 5.17 Å². The van der Waals surface area contributed by atoms with Gasteiger partial charge in [0, 0.05) is 24.3 Å². The van der Waals surface area contributed by atoms with Crippen molar-refractivity contribution in [1.82, 2.24) is 10.3 Å². The zero-order chi connectivity index (χ0) is 18.4. The summed E-state index contributed by atoms with van der Waals surface area (Å²) in [5.74, 6) is -0.697. The summed E-state index contributed by atoms with van der Waals surface area (Å²) >= 11 is 7.09. The van der Waals surface area contributed by atoms with Crippen LogP contribution in [0.1, 0.15) is 26.3 Å². The summed E-state index contributed by atoms with van der Waals surface area (Å²) in [5, 5.41) is 9.18. The highest BCUT2D eigenvalue weighted by atomic mass is 35.5. The first-order valence-corrected chi connectivity index (χ1v) is 8.50. The van der Waals surface area contributed by atoms with Crippen molar-refractivity contribution in [3.63, 3.8) is 0 Å². The van der Waals surface area contributed by atoms with Crippen molar-refractivity contribution in [2.24, 2.45) is 5.10 Å². The Labute approximate surface area is 152 Å². The average molecular weight is 380 g/mol. The fourth-order valence-electron chi connectivity index (χ4n) is 2.60. The third-order valence-corrected chi connectivity index (χ3v) is 5.07. The molecule has 1 aliphatic heterocycles. The first kappa shape index (κ1) is 17.5. The minimum Gasteiger partial charge on any atom is -0.422 e. The summed E-state index contributed by atoms with van der Waals surface area (Å²) in [6.07, 6.45) is 0. The standard InChI is InChI=1S/C16H14ClN3O4S/c1-8(21)18-15-19-20(9(2)22)16(3,25-15)12-7-10-6-11(17)4-5-13(10)24-14(12)23/h4-7H,1-3H3,(H,18,19,21). The molecule has 130 valence electrons. The fraction of sp³-hybridized carbons (Fsp3) is 0.250. The van der Waals surface area contributed by atoms with Crippen molar-refractivity contribution in [3.05, 3.63) is 45.3 Å². The van der Waals surface area contributed by atoms with Crippen molar-refractivity contribution < 1.29 is 14.0 Å². The fourth-order valence-corrected chi connectivity index (χ4v) is 3.98. The van der Waals surface area contributed by atoms with Gasteiger partial charge < -0.3 is 9.73 Å². The number of rotatable bonds is 1. The predicted molar refractivity (Wildman–Crippen MR) is 96.2 cm³/mol. The van der Waals surface area contributed by atoms with E-state index in [-0.39, 0.29) is 22.5 Å². The molecule has 1 unspecified atom stereocenters. The van der Waals surface area contributed by atoms with E-state index in [0.29, 0.717) is 16.0 Å². The van der Waals surface area contributed by atoms with E-state index in [2.05, 4.69) is 10.4 Å². The highest BCUT2D eigenvalue weighted by molar-refractivity contribution is 8.14. The van der Waals surface area contributed by atoms with Gasteiger partial charge in [-0.25, -0.2) is 9.80 Å². The van der Waals surface area contributed by atoms with Gasteiger partial charge in [-0.05, 0) is 31.2 Å². The lowest BCUT2D eigenvalue weighted by atomic mass is 10.1. The highest BCUT2D eigenvalue weighted by Gasteiger charge is 2.46. The van der Waals surface area contributed by atoms with Crippen molar-refractivity contribution >= 4 is 51.3 Å². The summed E-state index contributed by atoms with van der Waals surface area (Å²) in [7, 11) is 0. The van der Waals surface area contributed by atoms with Crippen LogP contribution < -0.4 is 10.9 Å². The molecule has 7 nitrogen and oxygen atoms in total. The van der Waals surface area contributed by atoms with Crippen molar-refractivity contribution in [1.29, 1.82) is 0 Å². The SMILES string of the molecule is CC(=O)NC1=NN(C(C)=O)C(C)(c2cc3cc(Cl)ccc3oc2=O)S1. The van der Waals surface area contributed by atoms with E-state index in [1.54, 1.807) is 31.2 Å². The molecule has 3 rings (SSSR count). The van der Waals surface area contributed by atoms with Gasteiger partial charge in [-0.2, -0.15) is 0 Å². The van der Waals surface area contributed by atoms with E-state index in [0.717, 1.165) is 16.8 Å². The molecule has 2 heterocycles. The van der Waals surface area contributed by atoms with Crippen molar-refractivity contribution in [2.45, 2.75) is 25.6 Å². The second kappa shape index (κ2) is 6.20. The molecule has 1 aliphatic rings. The number of amidine groups is 1. The quantitative estimate of drug-likeness (QED) is 0.769. The van der Waals surface area contributed by atoms with Crippen LogP contribution in [0.25, 0.3) is 11.0 Å². The molecule has 0 spiro atoms. The molecule has 0 saturated heterocycles. The summed E-state index contributed by atoms with van der Waals surface area (Å²) in [5.41, 5.74) is 0.0315. The molecule has 1 aromatic heterocycles. The maximum Gasteiger partial charge on any atom is 0.342 e. The zero-order valence-electron chi connectivity index (χ0n) is 13.6. The number of amides is 2. The molecule has 0 fully saturated rings. The Morgan fingerprint density at radius 3 is 2.68 bits per heavy atom. The smallest absolute Gasteiger partial charge is 0.342 e. The normalized spacial score (nSPS) is 19.8. The lowest BCUT2D eigenvalue weighted by Crippen LogP contribution is -2.40. The molecule has 1 atom stereocenters. The number of nitrogens with one attached hydrogen (secondary N) is 1. The number of hydrogen-bond acceptors (Lipinski definition) is 6. The number of carbonyl (C=O) groups is 2. The molecular weight excluding hydrogens is 366 g/mol. The monoisotopic (exact) mass is 379 g/mol. The average Bonchev–Trinajstić information content (AvgIpc) is 2.84. The molecule has 0 radical (unpaired) electrons. The van der Waals surface area contributed by atoms with Crippen LogP contribution in [-0.4, -0.2) is 22.0 Å². The summed E-state index contributed by atoms with van der Waals surface area (Å²) < 4.78 is 5.37. The molecule has 1 N–H and O–H groups in total. The van der Waals surface area contributed by atoms with E-state index < -0.39 is 10.5 Å². The molecule has 1 aromatic carbocycles. The molecule has 2 aromatic rings. The van der Waals surface area contributed by atoms with Crippen LogP contribution in [0.5, 0.6) is 0 Å². The number of thioether (sulfide) groups is 1. The molecule has 2 amide bonds. The van der Waals surface area contributed by atoms with Crippen LogP contribution in [-0.2, 0) is 14.5 Å². The third-order valence-electron chi connectivity index (χ3n) is 3.67. The van der Waals surface area contributed by atoms with Gasteiger partial charge in [-0.15, -0.1) is 5.10 Å². The molecule has 0 saturated carbocycles. The van der Waals surface area contributed by atoms with Crippen LogP contribution >= 0.6 is 23.4 Å². The molecule has 9 heteroatoms. The van der Waals surface area contributed by atoms with Gasteiger partial charge in [0.05, 0.1) is 5.56 Å². The van der Waals surface area contributed by atoms with Crippen LogP contribution in [0.3, 0.4) is 0 Å². The first-order valence-electron chi connectivity index (χ1n) is 7.30. The number of nitrogens with zero attached hydrogens (tertiary/aromatic N) is 2. The molecule has 0 aliphatic carbocycles. The Morgan fingerprint density at radius 2 is 2.04 bits per heavy atom. The van der Waals surface area contributed by atoms with Crippen LogP contribution in [0.4, 0.5) is 0 Å². The van der Waals surface area contributed by atoms with Gasteiger partial charge in [-0.3, -0.25) is 9.59 Å². The Bertz CT molecular complexity index is 987. The van der Waals surface area contributed by atoms with E-state index in [1.807, 2.05) is 0 Å². The molecular formula is C16H14ClN3O4S. The number of halogens is 1. The minimum atomic E-state index is -1.15. The second-order valence-corrected chi connectivity index (χ2v) is 7.45. The lowest BCUT2D eigenvalue weighted by Gasteiger charge is -2.29. The van der Waals surface area contributed by atoms with Gasteiger partial charge in [0.2, 0.25) is 11.8 Å². The molecule has 0 bridgehead atoms. The number of hydrazone groups is 1. The van der Waals surface area contributed by atoms with E-state index in [4.69, 9.17) is 16.0 Å². The summed E-state index contributed by atoms with van der Waals surface area (Å²) in [6.45, 7) is 4.34. The Kier molecular flexibility index (Phi) is 4.34. The van der Waals surface area contributed by atoms with Gasteiger partial charge in [-0.1, -0.05) is 23.4 Å². The van der Waals surface area contributed by atoms with Crippen LogP contribution in [0.15, 0.2) is 38.6 Å². The zero-order valence-corrected chi connectivity index (χ0v) is 15.2. The maximum absolute atomic E-state index is 12.5. The third kappa shape index (κ3) is 3.14.